The molecule has 1 aliphatic rings. The van der Waals surface area contributed by atoms with E-state index in [4.69, 9.17) is 23.7 Å². The van der Waals surface area contributed by atoms with Gasteiger partial charge in [-0.25, -0.2) is 0 Å². The minimum absolute atomic E-state index is 0. The van der Waals surface area contributed by atoms with Crippen LogP contribution in [0.5, 0.6) is 0 Å². The molecular weight excluding hydrogens is 336 g/mol. The number of ether oxygens (including phenoxy) is 5. The van der Waals surface area contributed by atoms with Crippen LogP contribution in [-0.2, 0) is 23.7 Å². The molecule has 0 spiro atoms. The zero-order chi connectivity index (χ0) is 14.5. The molecule has 0 bridgehead atoms. The van der Waals surface area contributed by atoms with Crippen LogP contribution in [0.2, 0.25) is 0 Å². The quantitative estimate of drug-likeness (QED) is 0.664. The molecular formula is C19H52N2O5. The normalized spacial score (nSPS) is 17.3. The second kappa shape index (κ2) is 29.5. The van der Waals surface area contributed by atoms with Crippen LogP contribution in [0.25, 0.3) is 0 Å². The fraction of sp³-hybridized carbons (Fsp3) is 1.00. The fourth-order valence-corrected chi connectivity index (χ4v) is 1.58. The van der Waals surface area contributed by atoms with E-state index in [2.05, 4.69) is 6.92 Å². The molecule has 0 N–H and O–H groups in total. The second-order valence-corrected chi connectivity index (χ2v) is 4.73. The third-order valence-electron chi connectivity index (χ3n) is 2.71. The maximum Gasteiger partial charge on any atom is 0.150 e. The van der Waals surface area contributed by atoms with Crippen LogP contribution >= 0.6 is 0 Å². The molecule has 0 saturated carbocycles. The predicted molar refractivity (Wildman–Crippen MR) is 114 cm³/mol. The van der Waals surface area contributed by atoms with Gasteiger partial charge < -0.3 is 23.7 Å². The molecule has 1 saturated heterocycles. The van der Waals surface area contributed by atoms with Crippen LogP contribution in [-0.4, -0.2) is 83.5 Å². The minimum Gasteiger partial charge on any atom is -0.366 e. The van der Waals surface area contributed by atoms with E-state index in [9.17, 15) is 0 Å². The van der Waals surface area contributed by atoms with Crippen LogP contribution in [0.1, 0.15) is 57.9 Å². The Balaban J connectivity index is -0.000000167. The van der Waals surface area contributed by atoms with Crippen molar-refractivity contribution in [2.24, 2.45) is 0 Å². The van der Waals surface area contributed by atoms with Gasteiger partial charge in [0, 0.05) is 19.7 Å². The molecule has 0 radical (unpaired) electrons. The standard InChI is InChI=1S/C13H28N2O5.6CH4/c1-3-6-16-10-15-5-8-18-12-17-7-4-14(2)9-19-13-20-11-15;;;;;;/h3-13H2,1-2H3;6*1H4. The first-order chi connectivity index (χ1) is 9.83. The Labute approximate surface area is 165 Å². The first-order valence-corrected chi connectivity index (χ1v) is 7.12. The lowest BCUT2D eigenvalue weighted by Gasteiger charge is -2.23. The van der Waals surface area contributed by atoms with Crippen molar-refractivity contribution in [1.82, 2.24) is 9.80 Å². The van der Waals surface area contributed by atoms with Crippen molar-refractivity contribution in [3.8, 4) is 0 Å². The maximum atomic E-state index is 5.52. The average molecular weight is 389 g/mol. The van der Waals surface area contributed by atoms with Crippen molar-refractivity contribution >= 4 is 0 Å². The lowest BCUT2D eigenvalue weighted by atomic mass is 10.5. The summed E-state index contributed by atoms with van der Waals surface area (Å²) in [6.45, 7) is 7.74. The van der Waals surface area contributed by atoms with Gasteiger partial charge in [0.1, 0.15) is 33.8 Å². The first kappa shape index (κ1) is 40.4. The van der Waals surface area contributed by atoms with Crippen molar-refractivity contribution < 1.29 is 23.7 Å². The Kier molecular flexibility index (Phi) is 45.8. The Bertz CT molecular complexity index is 224. The third-order valence-corrected chi connectivity index (χ3v) is 2.71. The largest absolute Gasteiger partial charge is 0.366 e. The van der Waals surface area contributed by atoms with Crippen LogP contribution in [0.15, 0.2) is 0 Å². The Morgan fingerprint density at radius 1 is 0.769 bits per heavy atom. The van der Waals surface area contributed by atoms with Crippen LogP contribution in [0.3, 0.4) is 0 Å². The van der Waals surface area contributed by atoms with E-state index in [1.165, 1.54) is 0 Å². The molecule has 0 unspecified atom stereocenters. The highest BCUT2D eigenvalue weighted by Gasteiger charge is 2.06. The highest BCUT2D eigenvalue weighted by atomic mass is 16.7. The SMILES string of the molecule is C.C.C.C.C.C.CCCOCN1CCOCOCCN(C)COCOC1. The van der Waals surface area contributed by atoms with E-state index in [1.54, 1.807) is 0 Å². The van der Waals surface area contributed by atoms with E-state index in [1.807, 2.05) is 16.8 Å². The summed E-state index contributed by atoms with van der Waals surface area (Å²) in [5, 5.41) is 0. The van der Waals surface area contributed by atoms with Crippen LogP contribution < -0.4 is 0 Å². The van der Waals surface area contributed by atoms with Crippen LogP contribution in [0, 0.1) is 0 Å². The molecule has 0 aromatic rings. The van der Waals surface area contributed by atoms with Crippen molar-refractivity contribution in [3.63, 3.8) is 0 Å². The lowest BCUT2D eigenvalue weighted by Crippen LogP contribution is -2.34. The smallest absolute Gasteiger partial charge is 0.150 e. The topological polar surface area (TPSA) is 52.6 Å². The molecule has 0 amide bonds. The molecule has 1 aliphatic heterocycles. The van der Waals surface area contributed by atoms with Gasteiger partial charge in [-0.05, 0) is 13.5 Å². The van der Waals surface area contributed by atoms with Crippen LogP contribution in [0.4, 0.5) is 0 Å². The molecule has 7 heteroatoms. The monoisotopic (exact) mass is 388 g/mol. The van der Waals surface area contributed by atoms with E-state index in [0.717, 1.165) is 26.1 Å². The van der Waals surface area contributed by atoms with Gasteiger partial charge in [0.05, 0.1) is 13.2 Å². The van der Waals surface area contributed by atoms with Gasteiger partial charge in [0.25, 0.3) is 0 Å². The third kappa shape index (κ3) is 23.7. The summed E-state index contributed by atoms with van der Waals surface area (Å²) in [4.78, 5) is 4.06. The highest BCUT2D eigenvalue weighted by molar-refractivity contribution is 4.47. The first-order valence-electron chi connectivity index (χ1n) is 7.12. The van der Waals surface area contributed by atoms with Gasteiger partial charge in [-0.1, -0.05) is 51.5 Å². The molecule has 1 fully saturated rings. The van der Waals surface area contributed by atoms with Gasteiger partial charge >= 0.3 is 0 Å². The summed E-state index contributed by atoms with van der Waals surface area (Å²) in [7, 11) is 1.97. The molecule has 168 valence electrons. The van der Waals surface area contributed by atoms with Gasteiger partial charge in [-0.3, -0.25) is 9.80 Å². The van der Waals surface area contributed by atoms with Crippen molar-refractivity contribution in [2.75, 3.05) is 73.7 Å². The molecule has 0 aromatic heterocycles. The highest BCUT2D eigenvalue weighted by Crippen LogP contribution is 1.95. The van der Waals surface area contributed by atoms with Gasteiger partial charge in [-0.2, -0.15) is 0 Å². The summed E-state index contributed by atoms with van der Waals surface area (Å²) < 4.78 is 27.2. The van der Waals surface area contributed by atoms with Gasteiger partial charge in [0.2, 0.25) is 0 Å². The lowest BCUT2D eigenvalue weighted by molar-refractivity contribution is -0.142. The maximum absolute atomic E-state index is 5.52. The summed E-state index contributed by atoms with van der Waals surface area (Å²) in [5.41, 5.74) is 0. The molecule has 0 aromatic carbocycles. The molecule has 7 nitrogen and oxygen atoms in total. The Morgan fingerprint density at radius 3 is 1.92 bits per heavy atom. The molecule has 0 aliphatic carbocycles. The fourth-order valence-electron chi connectivity index (χ4n) is 1.58. The van der Waals surface area contributed by atoms with Gasteiger partial charge in [0.15, 0.2) is 0 Å². The molecule has 1 rings (SSSR count). The molecule has 0 atom stereocenters. The number of nitrogens with zero attached hydrogens (tertiary/aromatic N) is 2. The van der Waals surface area contributed by atoms with E-state index >= 15 is 0 Å². The van der Waals surface area contributed by atoms with Gasteiger partial charge in [-0.15, -0.1) is 0 Å². The zero-order valence-electron chi connectivity index (χ0n) is 12.7. The average Bonchev–Trinajstić information content (AvgIpc) is 2.44. The van der Waals surface area contributed by atoms with E-state index < -0.39 is 0 Å². The summed E-state index contributed by atoms with van der Waals surface area (Å²) >= 11 is 0. The van der Waals surface area contributed by atoms with Crippen molar-refractivity contribution in [1.29, 1.82) is 0 Å². The zero-order valence-corrected chi connectivity index (χ0v) is 12.7. The predicted octanol–water partition coefficient (Wildman–Crippen LogP) is 4.33. The van der Waals surface area contributed by atoms with E-state index in [0.29, 0.717) is 40.2 Å². The molecule has 1 heterocycles. The Hall–Kier alpha value is -0.280. The van der Waals surface area contributed by atoms with Crippen molar-refractivity contribution in [2.45, 2.75) is 57.9 Å². The minimum atomic E-state index is 0. The molecule has 26 heavy (non-hydrogen) atoms. The number of hydrogen-bond donors (Lipinski definition) is 0. The Morgan fingerprint density at radius 2 is 1.31 bits per heavy atom. The summed E-state index contributed by atoms with van der Waals surface area (Å²) in [6.07, 6.45) is 1.01. The second-order valence-electron chi connectivity index (χ2n) is 4.73. The summed E-state index contributed by atoms with van der Waals surface area (Å²) in [6, 6.07) is 0. The number of rotatable bonds is 4. The van der Waals surface area contributed by atoms with Crippen molar-refractivity contribution in [3.05, 3.63) is 0 Å². The number of likely N-dealkylation sites (N-methyl/N-ethyl adjacent to an activating group) is 1. The number of hydrogen-bond acceptors (Lipinski definition) is 7. The van der Waals surface area contributed by atoms with E-state index in [-0.39, 0.29) is 51.4 Å². The summed E-state index contributed by atoms with van der Waals surface area (Å²) in [5.74, 6) is 0.